The maximum absolute atomic E-state index is 13.6. The van der Waals surface area contributed by atoms with Crippen molar-refractivity contribution in [2.75, 3.05) is 0 Å². The second-order valence-electron chi connectivity index (χ2n) is 8.42. The summed E-state index contributed by atoms with van der Waals surface area (Å²) >= 11 is 0. The largest absolute Gasteiger partial charge is 0.507 e. The minimum Gasteiger partial charge on any atom is -0.507 e. The van der Waals surface area contributed by atoms with E-state index in [4.69, 9.17) is 4.74 Å². The number of amides is 1. The summed E-state index contributed by atoms with van der Waals surface area (Å²) in [6.07, 6.45) is 0.730. The smallest absolute Gasteiger partial charge is 0.295 e. The van der Waals surface area contributed by atoms with Gasteiger partial charge in [-0.15, -0.1) is 0 Å². The number of halogens is 1. The molecule has 1 fully saturated rings. The molecule has 2 atom stereocenters. The quantitative estimate of drug-likeness (QED) is 0.358. The molecular formula is C27H22FNO4. The van der Waals surface area contributed by atoms with Crippen LogP contribution in [0, 0.1) is 5.82 Å². The van der Waals surface area contributed by atoms with Gasteiger partial charge in [-0.05, 0) is 53.9 Å². The van der Waals surface area contributed by atoms with E-state index in [1.165, 1.54) is 29.2 Å². The van der Waals surface area contributed by atoms with Crippen LogP contribution in [-0.2, 0) is 22.6 Å². The first kappa shape index (κ1) is 20.9. The third-order valence-corrected chi connectivity index (χ3v) is 6.09. The summed E-state index contributed by atoms with van der Waals surface area (Å²) in [6.45, 7) is 2.14. The van der Waals surface area contributed by atoms with Crippen molar-refractivity contribution in [3.63, 3.8) is 0 Å². The lowest BCUT2D eigenvalue weighted by molar-refractivity contribution is -0.140. The summed E-state index contributed by atoms with van der Waals surface area (Å²) in [6, 6.07) is 19.3. The zero-order valence-corrected chi connectivity index (χ0v) is 18.0. The number of fused-ring (bicyclic) bond motifs is 1. The number of ether oxygens (including phenoxy) is 1. The molecule has 5 nitrogen and oxygen atoms in total. The van der Waals surface area contributed by atoms with Crippen LogP contribution in [0.5, 0.6) is 5.75 Å². The van der Waals surface area contributed by atoms with Gasteiger partial charge in [-0.3, -0.25) is 9.59 Å². The molecule has 3 aromatic rings. The van der Waals surface area contributed by atoms with Gasteiger partial charge in [0.1, 0.15) is 23.4 Å². The molecule has 2 aliphatic rings. The Morgan fingerprint density at radius 3 is 2.52 bits per heavy atom. The van der Waals surface area contributed by atoms with Gasteiger partial charge in [0.2, 0.25) is 0 Å². The molecule has 3 aromatic carbocycles. The van der Waals surface area contributed by atoms with E-state index in [1.54, 1.807) is 18.2 Å². The minimum atomic E-state index is -0.839. The molecule has 6 heteroatoms. The third kappa shape index (κ3) is 3.78. The number of carbonyl (C=O) groups is 2. The van der Waals surface area contributed by atoms with Crippen LogP contribution in [0.1, 0.15) is 35.2 Å². The number of aliphatic hydroxyl groups excluding tert-OH is 1. The normalized spacial score (nSPS) is 21.2. The maximum atomic E-state index is 13.6. The van der Waals surface area contributed by atoms with Gasteiger partial charge in [0, 0.05) is 18.5 Å². The van der Waals surface area contributed by atoms with Gasteiger partial charge in [-0.1, -0.05) is 42.5 Å². The summed E-state index contributed by atoms with van der Waals surface area (Å²) in [4.78, 5) is 27.6. The molecule has 166 valence electrons. The highest BCUT2D eigenvalue weighted by Crippen LogP contribution is 2.41. The molecule has 5 rings (SSSR count). The SMILES string of the molecule is C[C@@H]1Cc2cc(/C(O)=C3\C(=O)C(=O)N(Cc4ccccc4)[C@@H]3c3ccc(F)cc3)ccc2O1. The number of hydrogen-bond donors (Lipinski definition) is 1. The molecule has 1 saturated heterocycles. The second kappa shape index (κ2) is 8.20. The lowest BCUT2D eigenvalue weighted by Gasteiger charge is -2.25. The number of hydrogen-bond acceptors (Lipinski definition) is 4. The van der Waals surface area contributed by atoms with Crippen molar-refractivity contribution in [1.82, 2.24) is 4.90 Å². The van der Waals surface area contributed by atoms with E-state index in [1.807, 2.05) is 37.3 Å². The average Bonchev–Trinajstić information content (AvgIpc) is 3.31. The van der Waals surface area contributed by atoms with Crippen molar-refractivity contribution in [2.24, 2.45) is 0 Å². The summed E-state index contributed by atoms with van der Waals surface area (Å²) in [5, 5.41) is 11.2. The van der Waals surface area contributed by atoms with Gasteiger partial charge >= 0.3 is 0 Å². The number of benzene rings is 3. The van der Waals surface area contributed by atoms with Crippen molar-refractivity contribution in [3.05, 3.63) is 106 Å². The Bertz CT molecular complexity index is 1270. The van der Waals surface area contributed by atoms with E-state index in [-0.39, 0.29) is 24.0 Å². The van der Waals surface area contributed by atoms with Crippen LogP contribution in [0.15, 0.2) is 78.4 Å². The van der Waals surface area contributed by atoms with Crippen LogP contribution in [-0.4, -0.2) is 27.8 Å². The van der Waals surface area contributed by atoms with Crippen LogP contribution in [0.3, 0.4) is 0 Å². The van der Waals surface area contributed by atoms with Crippen LogP contribution < -0.4 is 4.74 Å². The predicted octanol–water partition coefficient (Wildman–Crippen LogP) is 4.77. The van der Waals surface area contributed by atoms with Crippen molar-refractivity contribution >= 4 is 17.4 Å². The fraction of sp³-hybridized carbons (Fsp3) is 0.185. The fourth-order valence-electron chi connectivity index (χ4n) is 4.54. The van der Waals surface area contributed by atoms with E-state index in [9.17, 15) is 19.1 Å². The number of rotatable bonds is 4. The number of Topliss-reactive ketones (excluding diaryl/α,β-unsaturated/α-hetero) is 1. The Morgan fingerprint density at radius 2 is 1.79 bits per heavy atom. The van der Waals surface area contributed by atoms with Crippen LogP contribution >= 0.6 is 0 Å². The molecule has 0 spiro atoms. The lowest BCUT2D eigenvalue weighted by atomic mass is 9.94. The predicted molar refractivity (Wildman–Crippen MR) is 121 cm³/mol. The van der Waals surface area contributed by atoms with E-state index >= 15 is 0 Å². The van der Waals surface area contributed by atoms with Gasteiger partial charge in [-0.25, -0.2) is 4.39 Å². The Hall–Kier alpha value is -3.93. The average molecular weight is 443 g/mol. The van der Waals surface area contributed by atoms with Gasteiger partial charge in [-0.2, -0.15) is 0 Å². The lowest BCUT2D eigenvalue weighted by Crippen LogP contribution is -2.29. The first-order chi connectivity index (χ1) is 15.9. The van der Waals surface area contributed by atoms with Crippen molar-refractivity contribution in [3.8, 4) is 5.75 Å². The van der Waals surface area contributed by atoms with Gasteiger partial charge in [0.15, 0.2) is 0 Å². The zero-order chi connectivity index (χ0) is 23.1. The molecule has 1 amide bonds. The van der Waals surface area contributed by atoms with E-state index in [2.05, 4.69) is 0 Å². The Morgan fingerprint density at radius 1 is 1.06 bits per heavy atom. The Kier molecular flexibility index (Phi) is 5.21. The van der Waals surface area contributed by atoms with E-state index in [0.29, 0.717) is 17.5 Å². The summed E-state index contributed by atoms with van der Waals surface area (Å²) in [5.74, 6) is -1.39. The molecule has 33 heavy (non-hydrogen) atoms. The first-order valence-corrected chi connectivity index (χ1v) is 10.8. The Labute approximate surface area is 190 Å². The number of aliphatic hydroxyl groups is 1. The van der Waals surface area contributed by atoms with Crippen molar-refractivity contribution in [1.29, 1.82) is 0 Å². The zero-order valence-electron chi connectivity index (χ0n) is 18.0. The van der Waals surface area contributed by atoms with Gasteiger partial charge in [0.25, 0.3) is 11.7 Å². The van der Waals surface area contributed by atoms with Crippen LogP contribution in [0.4, 0.5) is 4.39 Å². The van der Waals surface area contributed by atoms with E-state index in [0.717, 1.165) is 16.9 Å². The number of ketones is 1. The molecule has 1 N–H and O–H groups in total. The second-order valence-corrected chi connectivity index (χ2v) is 8.42. The molecule has 0 aliphatic carbocycles. The number of nitrogens with zero attached hydrogens (tertiary/aromatic N) is 1. The molecule has 0 saturated carbocycles. The first-order valence-electron chi connectivity index (χ1n) is 10.8. The highest BCUT2D eigenvalue weighted by molar-refractivity contribution is 6.46. The maximum Gasteiger partial charge on any atom is 0.295 e. The number of carbonyl (C=O) groups excluding carboxylic acids is 2. The highest BCUT2D eigenvalue weighted by atomic mass is 19.1. The third-order valence-electron chi connectivity index (χ3n) is 6.09. The molecule has 0 unspecified atom stereocenters. The van der Waals surface area contributed by atoms with E-state index < -0.39 is 23.5 Å². The highest BCUT2D eigenvalue weighted by Gasteiger charge is 2.46. The van der Waals surface area contributed by atoms with Crippen molar-refractivity contribution < 1.29 is 23.8 Å². The van der Waals surface area contributed by atoms with Crippen LogP contribution in [0.25, 0.3) is 5.76 Å². The Balaban J connectivity index is 1.62. The monoisotopic (exact) mass is 443 g/mol. The molecule has 2 aliphatic heterocycles. The molecule has 0 bridgehead atoms. The van der Waals surface area contributed by atoms with Crippen LogP contribution in [0.2, 0.25) is 0 Å². The minimum absolute atomic E-state index is 0.00514. The topological polar surface area (TPSA) is 66.8 Å². The van der Waals surface area contributed by atoms with Gasteiger partial charge in [0.05, 0.1) is 11.6 Å². The number of likely N-dealkylation sites (tertiary alicyclic amines) is 1. The molecular weight excluding hydrogens is 421 g/mol. The summed E-state index contributed by atoms with van der Waals surface area (Å²) in [7, 11) is 0. The summed E-state index contributed by atoms with van der Waals surface area (Å²) < 4.78 is 19.4. The molecule has 0 radical (unpaired) electrons. The fourth-order valence-corrected chi connectivity index (χ4v) is 4.54. The molecule has 2 heterocycles. The van der Waals surface area contributed by atoms with Gasteiger partial charge < -0.3 is 14.7 Å². The summed E-state index contributed by atoms with van der Waals surface area (Å²) in [5.41, 5.74) is 2.76. The van der Waals surface area contributed by atoms with Crippen molar-refractivity contribution in [2.45, 2.75) is 32.0 Å². The standard InChI is InChI=1S/C27H22FNO4/c1-16-13-20-14-19(9-12-22(20)33-16)25(30)23-24(18-7-10-21(28)11-8-18)29(27(32)26(23)31)15-17-5-3-2-4-6-17/h2-12,14,16,24,30H,13,15H2,1H3/b25-23+/t16-,24-/m1/s1. The molecule has 0 aromatic heterocycles.